The Bertz CT molecular complexity index is 694. The molecule has 0 unspecified atom stereocenters. The van der Waals surface area contributed by atoms with E-state index in [9.17, 15) is 9.90 Å². The summed E-state index contributed by atoms with van der Waals surface area (Å²) in [5.74, 6) is -0.0647. The third kappa shape index (κ3) is 5.47. The molecule has 0 bridgehead atoms. The summed E-state index contributed by atoms with van der Waals surface area (Å²) in [6.45, 7) is 9.02. The number of halogens is 1. The molecule has 0 aromatic heterocycles. The van der Waals surface area contributed by atoms with Gasteiger partial charge in [0.1, 0.15) is 0 Å². The van der Waals surface area contributed by atoms with E-state index in [0.29, 0.717) is 17.9 Å². The first kappa shape index (κ1) is 18.7. The number of nitrogens with zero attached hydrogens (tertiary/aromatic N) is 1. The van der Waals surface area contributed by atoms with Gasteiger partial charge < -0.3 is 0 Å². The van der Waals surface area contributed by atoms with Gasteiger partial charge in [0.15, 0.2) is 0 Å². The first-order chi connectivity index (χ1) is 11.3. The van der Waals surface area contributed by atoms with Crippen LogP contribution in [0.1, 0.15) is 39.7 Å². The molecule has 1 aliphatic rings. The molecule has 0 fully saturated rings. The molecule has 0 spiro atoms. The predicted octanol–water partition coefficient (Wildman–Crippen LogP) is 1.33. The van der Waals surface area contributed by atoms with Crippen molar-refractivity contribution in [3.63, 3.8) is 0 Å². The Balaban J connectivity index is 2.06. The molecule has 1 aliphatic heterocycles. The monoisotopic (exact) mass is 440 g/mol. The van der Waals surface area contributed by atoms with E-state index in [2.05, 4.69) is 25.8 Å². The van der Waals surface area contributed by atoms with E-state index in [1.807, 2.05) is 28.3 Å². The topological polar surface area (TPSA) is 58.9 Å². The van der Waals surface area contributed by atoms with Gasteiger partial charge in [-0.05, 0) is 0 Å². The SMILES string of the molecule is CC1=NC(c2ccc(OCCC(C)(C)C)cc2)=C[I-]C=C1C(=O)O. The minimum atomic E-state index is -0.909. The number of benzene rings is 1. The van der Waals surface area contributed by atoms with E-state index in [1.165, 1.54) is 0 Å². The van der Waals surface area contributed by atoms with Crippen molar-refractivity contribution in [1.82, 2.24) is 0 Å². The number of carboxylic acids is 1. The van der Waals surface area contributed by atoms with Crippen LogP contribution >= 0.6 is 0 Å². The fourth-order valence-corrected chi connectivity index (χ4v) is 4.12. The Morgan fingerprint density at radius 1 is 1.21 bits per heavy atom. The van der Waals surface area contributed by atoms with Crippen LogP contribution in [0.4, 0.5) is 0 Å². The van der Waals surface area contributed by atoms with Gasteiger partial charge in [0.25, 0.3) is 0 Å². The Hall–Kier alpha value is -1.63. The van der Waals surface area contributed by atoms with Crippen molar-refractivity contribution >= 4 is 17.4 Å². The zero-order valence-electron chi connectivity index (χ0n) is 14.5. The van der Waals surface area contributed by atoms with Crippen molar-refractivity contribution in [3.05, 3.63) is 43.6 Å². The van der Waals surface area contributed by atoms with E-state index >= 15 is 0 Å². The summed E-state index contributed by atoms with van der Waals surface area (Å²) in [4.78, 5) is 15.7. The average Bonchev–Trinajstić information content (AvgIpc) is 2.68. The molecule has 130 valence electrons. The van der Waals surface area contributed by atoms with Crippen LogP contribution in [0, 0.1) is 5.41 Å². The summed E-state index contributed by atoms with van der Waals surface area (Å²) in [6, 6.07) is 7.84. The second-order valence-electron chi connectivity index (χ2n) is 6.83. The van der Waals surface area contributed by atoms with E-state index < -0.39 is 27.2 Å². The normalized spacial score (nSPS) is 15.4. The number of carboxylic acid groups (broad SMARTS) is 1. The summed E-state index contributed by atoms with van der Waals surface area (Å²) in [7, 11) is 0. The number of rotatable bonds is 5. The van der Waals surface area contributed by atoms with Crippen molar-refractivity contribution in [2.75, 3.05) is 6.61 Å². The van der Waals surface area contributed by atoms with Crippen molar-refractivity contribution in [1.29, 1.82) is 0 Å². The second-order valence-corrected chi connectivity index (χ2v) is 8.79. The molecule has 0 saturated carbocycles. The number of hydrogen-bond donors (Lipinski definition) is 1. The Labute approximate surface area is 153 Å². The summed E-state index contributed by atoms with van der Waals surface area (Å²) in [5, 5.41) is 9.20. The fourth-order valence-electron chi connectivity index (χ4n) is 2.02. The number of aliphatic carboxylic acids is 1. The first-order valence-corrected chi connectivity index (χ1v) is 10.3. The molecule has 1 aromatic rings. The Kier molecular flexibility index (Phi) is 6.21. The molecule has 0 atom stereocenters. The van der Waals surface area contributed by atoms with Crippen LogP contribution in [0.2, 0.25) is 0 Å². The number of ether oxygens (including phenoxy) is 1. The van der Waals surface area contributed by atoms with E-state index in [0.717, 1.165) is 23.4 Å². The third-order valence-electron chi connectivity index (χ3n) is 3.52. The maximum absolute atomic E-state index is 11.2. The molecule has 2 rings (SSSR count). The van der Waals surface area contributed by atoms with Gasteiger partial charge in [0.2, 0.25) is 0 Å². The zero-order valence-corrected chi connectivity index (χ0v) is 16.6. The van der Waals surface area contributed by atoms with E-state index in [-0.39, 0.29) is 5.41 Å². The van der Waals surface area contributed by atoms with Crippen LogP contribution in [0.3, 0.4) is 0 Å². The van der Waals surface area contributed by atoms with E-state index in [1.54, 1.807) is 11.0 Å². The second kappa shape index (κ2) is 7.96. The molecule has 0 saturated heterocycles. The molecule has 1 N–H and O–H groups in total. The third-order valence-corrected chi connectivity index (χ3v) is 5.45. The van der Waals surface area contributed by atoms with Gasteiger partial charge >= 0.3 is 154 Å². The van der Waals surface area contributed by atoms with Crippen molar-refractivity contribution in [2.24, 2.45) is 10.4 Å². The summed E-state index contributed by atoms with van der Waals surface area (Å²) >= 11 is -0.462. The van der Waals surface area contributed by atoms with Gasteiger partial charge in [-0.2, -0.15) is 0 Å². The van der Waals surface area contributed by atoms with Crippen LogP contribution < -0.4 is 25.9 Å². The van der Waals surface area contributed by atoms with Crippen molar-refractivity contribution in [3.8, 4) is 5.75 Å². The van der Waals surface area contributed by atoms with Gasteiger partial charge in [-0.25, -0.2) is 0 Å². The summed E-state index contributed by atoms with van der Waals surface area (Å²) < 4.78 is 9.63. The van der Waals surface area contributed by atoms with Crippen molar-refractivity contribution < 1.29 is 35.8 Å². The van der Waals surface area contributed by atoms with Crippen LogP contribution in [0.15, 0.2) is 43.0 Å². The molecule has 1 heterocycles. The van der Waals surface area contributed by atoms with Crippen LogP contribution in [0.5, 0.6) is 5.75 Å². The van der Waals surface area contributed by atoms with Gasteiger partial charge in [0, 0.05) is 0 Å². The molecule has 4 nitrogen and oxygen atoms in total. The number of carbonyl (C=O) groups is 1. The molecule has 0 amide bonds. The van der Waals surface area contributed by atoms with Gasteiger partial charge in [-0.15, -0.1) is 0 Å². The molecular formula is C19H23INO3-. The van der Waals surface area contributed by atoms with E-state index in [4.69, 9.17) is 4.74 Å². The first-order valence-electron chi connectivity index (χ1n) is 7.81. The Morgan fingerprint density at radius 2 is 1.88 bits per heavy atom. The van der Waals surface area contributed by atoms with Gasteiger partial charge in [0.05, 0.1) is 0 Å². The Morgan fingerprint density at radius 3 is 2.46 bits per heavy atom. The van der Waals surface area contributed by atoms with Gasteiger partial charge in [-0.1, -0.05) is 0 Å². The molecular weight excluding hydrogens is 417 g/mol. The average molecular weight is 440 g/mol. The quantitative estimate of drug-likeness (QED) is 0.704. The van der Waals surface area contributed by atoms with Crippen LogP contribution in [0.25, 0.3) is 5.70 Å². The molecule has 24 heavy (non-hydrogen) atoms. The van der Waals surface area contributed by atoms with Crippen LogP contribution in [-0.4, -0.2) is 23.4 Å². The molecule has 0 radical (unpaired) electrons. The fraction of sp³-hybridized carbons (Fsp3) is 0.368. The molecule has 5 heteroatoms. The number of hydrogen-bond acceptors (Lipinski definition) is 3. The van der Waals surface area contributed by atoms with Crippen molar-refractivity contribution in [2.45, 2.75) is 34.1 Å². The zero-order chi connectivity index (χ0) is 17.7. The summed E-state index contributed by atoms with van der Waals surface area (Å²) in [6.07, 6.45) is 0.997. The number of aliphatic imine (C=N–C) groups is 1. The van der Waals surface area contributed by atoms with Crippen LogP contribution in [-0.2, 0) is 4.79 Å². The summed E-state index contributed by atoms with van der Waals surface area (Å²) in [5.41, 5.74) is 2.95. The maximum atomic E-state index is 11.2. The minimum absolute atomic E-state index is 0.260. The molecule has 0 aliphatic carbocycles. The van der Waals surface area contributed by atoms with Gasteiger partial charge in [-0.3, -0.25) is 0 Å². The standard InChI is InChI=1S/C19H23INO3/c1-13-16(18(22)23)11-20-12-17(21-13)14-5-7-15(8-6-14)24-10-9-19(2,3)4/h5-8,11-12H,9-10H2,1-4H3,(H,22,23)/q-1. The molecule has 1 aromatic carbocycles. The predicted molar refractivity (Wildman–Crippen MR) is 92.8 cm³/mol.